The number of halogens is 1. The molecule has 0 saturated carbocycles. The van der Waals surface area contributed by atoms with Crippen LogP contribution >= 0.6 is 11.6 Å². The summed E-state index contributed by atoms with van der Waals surface area (Å²) in [6, 6.07) is 5.77. The molecule has 0 unspecified atom stereocenters. The first-order valence-corrected chi connectivity index (χ1v) is 6.90. The number of nitrogens with one attached hydrogen (secondary N) is 2. The van der Waals surface area contributed by atoms with Gasteiger partial charge in [-0.2, -0.15) is 5.10 Å². The van der Waals surface area contributed by atoms with Gasteiger partial charge in [-0.05, 0) is 31.3 Å². The molecule has 0 bridgehead atoms. The standard InChI is InChI=1S/C14H14ClN3O/c15-9-1-2-10-12(7-9)19-14(3-5-16-6-4-14)11-8-17-18-13(10)11/h1-2,7-8,16H,3-6H2,(H,17,18). The number of benzene rings is 1. The average molecular weight is 276 g/mol. The number of ether oxygens (including phenoxy) is 1. The first kappa shape index (κ1) is 11.3. The molecule has 5 heteroatoms. The van der Waals surface area contributed by atoms with E-state index < -0.39 is 0 Å². The van der Waals surface area contributed by atoms with Crippen molar-refractivity contribution in [3.63, 3.8) is 0 Å². The molecule has 3 heterocycles. The van der Waals surface area contributed by atoms with Crippen molar-refractivity contribution in [3.05, 3.63) is 35.0 Å². The number of piperidine rings is 1. The van der Waals surface area contributed by atoms with Crippen LogP contribution in [0.2, 0.25) is 5.02 Å². The van der Waals surface area contributed by atoms with Crippen molar-refractivity contribution in [1.82, 2.24) is 15.5 Å². The maximum absolute atomic E-state index is 6.34. The minimum atomic E-state index is -0.259. The van der Waals surface area contributed by atoms with Gasteiger partial charge in [0.1, 0.15) is 11.4 Å². The molecule has 1 aromatic heterocycles. The maximum Gasteiger partial charge on any atom is 0.140 e. The van der Waals surface area contributed by atoms with Crippen LogP contribution in [0, 0.1) is 0 Å². The summed E-state index contributed by atoms with van der Waals surface area (Å²) in [6.45, 7) is 1.92. The van der Waals surface area contributed by atoms with Crippen LogP contribution in [-0.4, -0.2) is 23.3 Å². The molecule has 0 aliphatic carbocycles. The smallest absolute Gasteiger partial charge is 0.140 e. The SMILES string of the molecule is Clc1ccc2c(c1)OC1(CCNCC1)c1cn[nH]c1-2. The normalized spacial score (nSPS) is 19.6. The number of aromatic amines is 1. The highest BCUT2D eigenvalue weighted by atomic mass is 35.5. The first-order chi connectivity index (χ1) is 9.28. The Morgan fingerprint density at radius 2 is 2.11 bits per heavy atom. The van der Waals surface area contributed by atoms with Gasteiger partial charge in [0.05, 0.1) is 11.9 Å². The second-order valence-electron chi connectivity index (χ2n) is 5.15. The largest absolute Gasteiger partial charge is 0.482 e. The monoisotopic (exact) mass is 275 g/mol. The van der Waals surface area contributed by atoms with Crippen LogP contribution in [0.4, 0.5) is 0 Å². The summed E-state index contributed by atoms with van der Waals surface area (Å²) in [5, 5.41) is 11.4. The summed E-state index contributed by atoms with van der Waals surface area (Å²) >= 11 is 6.09. The van der Waals surface area contributed by atoms with Gasteiger partial charge < -0.3 is 10.1 Å². The van der Waals surface area contributed by atoms with E-state index in [2.05, 4.69) is 15.5 Å². The molecule has 2 N–H and O–H groups in total. The molecule has 1 spiro atoms. The van der Waals surface area contributed by atoms with Crippen LogP contribution in [0.1, 0.15) is 18.4 Å². The molecular weight excluding hydrogens is 262 g/mol. The second kappa shape index (κ2) is 3.99. The Labute approximate surface area is 116 Å². The highest BCUT2D eigenvalue weighted by Gasteiger charge is 2.43. The van der Waals surface area contributed by atoms with Crippen molar-refractivity contribution < 1.29 is 4.74 Å². The first-order valence-electron chi connectivity index (χ1n) is 6.52. The summed E-state index contributed by atoms with van der Waals surface area (Å²) in [5.74, 6) is 0.853. The second-order valence-corrected chi connectivity index (χ2v) is 5.58. The number of fused-ring (bicyclic) bond motifs is 4. The Balaban J connectivity index is 1.92. The lowest BCUT2D eigenvalue weighted by molar-refractivity contribution is 0.0308. The third kappa shape index (κ3) is 1.60. The molecule has 4 rings (SSSR count). The number of hydrogen-bond acceptors (Lipinski definition) is 3. The molecule has 0 atom stereocenters. The van der Waals surface area contributed by atoms with Crippen molar-refractivity contribution in [3.8, 4) is 17.0 Å². The van der Waals surface area contributed by atoms with Gasteiger partial charge in [-0.1, -0.05) is 11.6 Å². The van der Waals surface area contributed by atoms with E-state index in [1.54, 1.807) is 0 Å². The predicted octanol–water partition coefficient (Wildman–Crippen LogP) is 2.70. The van der Waals surface area contributed by atoms with Crippen LogP contribution in [0.5, 0.6) is 5.75 Å². The fourth-order valence-electron chi connectivity index (χ4n) is 3.09. The van der Waals surface area contributed by atoms with Crippen LogP contribution in [-0.2, 0) is 5.60 Å². The Morgan fingerprint density at radius 3 is 2.95 bits per heavy atom. The molecule has 4 nitrogen and oxygen atoms in total. The summed E-state index contributed by atoms with van der Waals surface area (Å²) in [7, 11) is 0. The van der Waals surface area contributed by atoms with Gasteiger partial charge in [0.25, 0.3) is 0 Å². The fourth-order valence-corrected chi connectivity index (χ4v) is 3.25. The molecule has 98 valence electrons. The molecule has 0 amide bonds. The quantitative estimate of drug-likeness (QED) is 0.777. The summed E-state index contributed by atoms with van der Waals surface area (Å²) in [6.07, 6.45) is 3.80. The van der Waals surface area contributed by atoms with Crippen LogP contribution in [0.25, 0.3) is 11.3 Å². The number of nitrogens with zero attached hydrogens (tertiary/aromatic N) is 1. The van der Waals surface area contributed by atoms with Crippen LogP contribution in [0.15, 0.2) is 24.4 Å². The lowest BCUT2D eigenvalue weighted by atomic mass is 9.81. The van der Waals surface area contributed by atoms with Gasteiger partial charge in [-0.25, -0.2) is 0 Å². The molecule has 2 aliphatic rings. The average Bonchev–Trinajstić information content (AvgIpc) is 2.90. The summed E-state index contributed by atoms with van der Waals surface area (Å²) < 4.78 is 6.34. The van der Waals surface area contributed by atoms with Crippen molar-refractivity contribution in [2.24, 2.45) is 0 Å². The topological polar surface area (TPSA) is 49.9 Å². The summed E-state index contributed by atoms with van der Waals surface area (Å²) in [4.78, 5) is 0. The highest BCUT2D eigenvalue weighted by Crippen LogP contribution is 2.48. The lowest BCUT2D eigenvalue weighted by Crippen LogP contribution is -2.45. The van der Waals surface area contributed by atoms with Gasteiger partial charge in [0.15, 0.2) is 0 Å². The Bertz CT molecular complexity index is 631. The Hall–Kier alpha value is -1.52. The van der Waals surface area contributed by atoms with Crippen molar-refractivity contribution >= 4 is 11.6 Å². The van der Waals surface area contributed by atoms with Gasteiger partial charge in [-0.15, -0.1) is 0 Å². The molecule has 1 fully saturated rings. The van der Waals surface area contributed by atoms with Crippen LogP contribution in [0.3, 0.4) is 0 Å². The van der Waals surface area contributed by atoms with Gasteiger partial charge >= 0.3 is 0 Å². The number of H-pyrrole nitrogens is 1. The van der Waals surface area contributed by atoms with Crippen molar-refractivity contribution in [2.75, 3.05) is 13.1 Å². The number of rotatable bonds is 0. The van der Waals surface area contributed by atoms with E-state index in [4.69, 9.17) is 16.3 Å². The van der Waals surface area contributed by atoms with E-state index in [1.165, 1.54) is 5.56 Å². The highest BCUT2D eigenvalue weighted by molar-refractivity contribution is 6.30. The molecule has 1 saturated heterocycles. The third-order valence-electron chi connectivity index (χ3n) is 4.06. The lowest BCUT2D eigenvalue weighted by Gasteiger charge is -2.41. The number of hydrogen-bond donors (Lipinski definition) is 2. The predicted molar refractivity (Wildman–Crippen MR) is 73.4 cm³/mol. The van der Waals surface area contributed by atoms with Gasteiger partial charge in [0, 0.05) is 29.0 Å². The van der Waals surface area contributed by atoms with E-state index >= 15 is 0 Å². The molecular formula is C14H14ClN3O. The molecule has 0 radical (unpaired) electrons. The van der Waals surface area contributed by atoms with Crippen molar-refractivity contribution in [2.45, 2.75) is 18.4 Å². The van der Waals surface area contributed by atoms with Crippen molar-refractivity contribution in [1.29, 1.82) is 0 Å². The van der Waals surface area contributed by atoms with E-state index in [0.29, 0.717) is 5.02 Å². The Morgan fingerprint density at radius 1 is 1.26 bits per heavy atom. The molecule has 19 heavy (non-hydrogen) atoms. The fraction of sp³-hybridized carbons (Fsp3) is 0.357. The van der Waals surface area contributed by atoms with Crippen LogP contribution < -0.4 is 10.1 Å². The third-order valence-corrected chi connectivity index (χ3v) is 4.29. The maximum atomic E-state index is 6.34. The van der Waals surface area contributed by atoms with E-state index in [0.717, 1.165) is 42.9 Å². The molecule has 1 aromatic carbocycles. The minimum absolute atomic E-state index is 0.259. The zero-order valence-electron chi connectivity index (χ0n) is 10.4. The molecule has 2 aromatic rings. The zero-order valence-corrected chi connectivity index (χ0v) is 11.1. The molecule has 2 aliphatic heterocycles. The van der Waals surface area contributed by atoms with Gasteiger partial charge in [-0.3, -0.25) is 5.10 Å². The summed E-state index contributed by atoms with van der Waals surface area (Å²) in [5.41, 5.74) is 3.02. The van der Waals surface area contributed by atoms with Gasteiger partial charge in [0.2, 0.25) is 0 Å². The van der Waals surface area contributed by atoms with E-state index in [1.807, 2.05) is 24.4 Å². The number of aromatic nitrogens is 2. The van der Waals surface area contributed by atoms with E-state index in [-0.39, 0.29) is 5.60 Å². The minimum Gasteiger partial charge on any atom is -0.482 e. The Kier molecular flexibility index (Phi) is 2.37. The zero-order chi connectivity index (χ0) is 12.9. The van der Waals surface area contributed by atoms with E-state index in [9.17, 15) is 0 Å².